The van der Waals surface area contributed by atoms with Crippen LogP contribution in [0.4, 0.5) is 5.13 Å². The molecule has 1 aromatic carbocycles. The third-order valence-electron chi connectivity index (χ3n) is 4.03. The molecule has 1 aliphatic heterocycles. The average molecular weight is 335 g/mol. The van der Waals surface area contributed by atoms with Gasteiger partial charge in [-0.2, -0.15) is 0 Å². The molecule has 0 aliphatic carbocycles. The average Bonchev–Trinajstić information content (AvgIpc) is 3.08. The minimum atomic E-state index is -0.895. The van der Waals surface area contributed by atoms with E-state index in [1.165, 1.54) is 5.56 Å². The first kappa shape index (κ1) is 15.6. The second kappa shape index (κ2) is 7.35. The topological polar surface area (TPSA) is 45.2 Å². The quantitative estimate of drug-likeness (QED) is 0.912. The second-order valence-corrected chi connectivity index (χ2v) is 7.81. The Morgan fingerprint density at radius 1 is 1.32 bits per heavy atom. The monoisotopic (exact) mass is 335 g/mol. The molecule has 3 rings (SSSR count). The predicted octanol–water partition coefficient (Wildman–Crippen LogP) is 2.64. The summed E-state index contributed by atoms with van der Waals surface area (Å²) in [5.74, 6) is 0. The van der Waals surface area contributed by atoms with Crippen molar-refractivity contribution in [1.82, 2.24) is 10.3 Å². The number of hydrogen-bond acceptors (Lipinski definition) is 5. The van der Waals surface area contributed by atoms with Crippen LogP contribution < -0.4 is 10.2 Å². The van der Waals surface area contributed by atoms with Gasteiger partial charge in [-0.1, -0.05) is 12.1 Å². The number of thiazole rings is 1. The van der Waals surface area contributed by atoms with Gasteiger partial charge in [0.25, 0.3) is 0 Å². The van der Waals surface area contributed by atoms with Crippen LogP contribution in [-0.2, 0) is 17.3 Å². The van der Waals surface area contributed by atoms with Crippen LogP contribution in [0.15, 0.2) is 40.7 Å². The molecule has 6 heteroatoms. The van der Waals surface area contributed by atoms with Gasteiger partial charge in [0.05, 0.1) is 0 Å². The maximum Gasteiger partial charge on any atom is 0.185 e. The lowest BCUT2D eigenvalue weighted by atomic mass is 10.1. The van der Waals surface area contributed by atoms with E-state index in [4.69, 9.17) is 0 Å². The Bertz CT molecular complexity index is 605. The Morgan fingerprint density at radius 3 is 2.64 bits per heavy atom. The number of piperidine rings is 1. The largest absolute Gasteiger partial charge is 0.348 e. The van der Waals surface area contributed by atoms with Crippen molar-refractivity contribution >= 4 is 27.3 Å². The highest BCUT2D eigenvalue weighted by atomic mass is 32.2. The summed E-state index contributed by atoms with van der Waals surface area (Å²) in [4.78, 5) is 7.64. The molecule has 0 radical (unpaired) electrons. The van der Waals surface area contributed by atoms with Crippen LogP contribution in [0, 0.1) is 0 Å². The first-order valence-corrected chi connectivity index (χ1v) is 9.96. The zero-order chi connectivity index (χ0) is 15.4. The Labute approximate surface area is 138 Å². The first-order chi connectivity index (χ1) is 10.7. The molecule has 1 saturated heterocycles. The van der Waals surface area contributed by atoms with Gasteiger partial charge in [-0.3, -0.25) is 4.21 Å². The van der Waals surface area contributed by atoms with Crippen molar-refractivity contribution in [3.63, 3.8) is 0 Å². The summed E-state index contributed by atoms with van der Waals surface area (Å²) in [5, 5.41) is 6.81. The van der Waals surface area contributed by atoms with Crippen molar-refractivity contribution in [2.45, 2.75) is 30.3 Å². The lowest BCUT2D eigenvalue weighted by Gasteiger charge is -2.32. The highest BCUT2D eigenvalue weighted by molar-refractivity contribution is 7.84. The van der Waals surface area contributed by atoms with E-state index in [1.54, 1.807) is 17.6 Å². The highest BCUT2D eigenvalue weighted by Crippen LogP contribution is 2.22. The Balaban J connectivity index is 1.46. The van der Waals surface area contributed by atoms with Crippen LogP contribution >= 0.6 is 11.3 Å². The number of nitrogens with zero attached hydrogens (tertiary/aromatic N) is 2. The number of aromatic nitrogens is 1. The van der Waals surface area contributed by atoms with Gasteiger partial charge in [0.15, 0.2) is 5.13 Å². The highest BCUT2D eigenvalue weighted by Gasteiger charge is 2.20. The molecule has 0 spiro atoms. The fourth-order valence-corrected chi connectivity index (χ4v) is 3.92. The molecule has 4 nitrogen and oxygen atoms in total. The molecule has 2 heterocycles. The van der Waals surface area contributed by atoms with Crippen molar-refractivity contribution in [3.8, 4) is 0 Å². The van der Waals surface area contributed by atoms with Gasteiger partial charge in [-0.05, 0) is 30.5 Å². The van der Waals surface area contributed by atoms with Crippen LogP contribution in [0.5, 0.6) is 0 Å². The van der Waals surface area contributed by atoms with E-state index < -0.39 is 10.8 Å². The van der Waals surface area contributed by atoms with Crippen LogP contribution in [0.25, 0.3) is 0 Å². The van der Waals surface area contributed by atoms with Crippen molar-refractivity contribution < 1.29 is 4.21 Å². The number of hydrogen-bond donors (Lipinski definition) is 1. The van der Waals surface area contributed by atoms with Gasteiger partial charge >= 0.3 is 0 Å². The van der Waals surface area contributed by atoms with E-state index in [2.05, 4.69) is 27.3 Å². The minimum Gasteiger partial charge on any atom is -0.348 e. The molecule has 1 aliphatic rings. The van der Waals surface area contributed by atoms with Crippen LogP contribution in [0.2, 0.25) is 0 Å². The number of anilines is 1. The molecule has 1 atom stereocenters. The van der Waals surface area contributed by atoms with Gasteiger partial charge in [-0.25, -0.2) is 4.98 Å². The summed E-state index contributed by atoms with van der Waals surface area (Å²) in [6.07, 6.45) is 5.88. The molecular formula is C16H21N3OS2. The molecular weight excluding hydrogens is 314 g/mol. The van der Waals surface area contributed by atoms with Crippen molar-refractivity contribution in [2.24, 2.45) is 0 Å². The van der Waals surface area contributed by atoms with E-state index in [9.17, 15) is 4.21 Å². The number of benzene rings is 1. The summed E-state index contributed by atoms with van der Waals surface area (Å²) >= 11 is 1.71. The van der Waals surface area contributed by atoms with Crippen molar-refractivity contribution in [2.75, 3.05) is 24.2 Å². The first-order valence-electron chi connectivity index (χ1n) is 7.52. The van der Waals surface area contributed by atoms with Gasteiger partial charge in [0.1, 0.15) is 0 Å². The van der Waals surface area contributed by atoms with E-state index in [0.29, 0.717) is 6.04 Å². The molecule has 1 N–H and O–H groups in total. The maximum atomic E-state index is 11.4. The third-order valence-corrected chi connectivity index (χ3v) is 5.80. The smallest absolute Gasteiger partial charge is 0.185 e. The van der Waals surface area contributed by atoms with Gasteiger partial charge in [0, 0.05) is 59.2 Å². The standard InChI is InChI=1S/C16H21N3OS2/c1-22(20)15-4-2-13(3-5-15)12-18-14-6-9-19(10-7-14)16-17-8-11-21-16/h2-5,8,11,14,18H,6-7,9-10,12H2,1H3/t22-/m0/s1. The van der Waals surface area contributed by atoms with Crippen LogP contribution in [0.3, 0.4) is 0 Å². The van der Waals surface area contributed by atoms with Crippen LogP contribution in [-0.4, -0.2) is 34.6 Å². The normalized spacial score (nSPS) is 17.6. The lowest BCUT2D eigenvalue weighted by Crippen LogP contribution is -2.42. The summed E-state index contributed by atoms with van der Waals surface area (Å²) in [7, 11) is -0.895. The summed E-state index contributed by atoms with van der Waals surface area (Å²) < 4.78 is 11.4. The molecule has 22 heavy (non-hydrogen) atoms. The predicted molar refractivity (Wildman–Crippen MR) is 93.0 cm³/mol. The molecule has 0 amide bonds. The fraction of sp³-hybridized carbons (Fsp3) is 0.438. The van der Waals surface area contributed by atoms with Crippen molar-refractivity contribution in [1.29, 1.82) is 0 Å². The lowest BCUT2D eigenvalue weighted by molar-refractivity contribution is 0.414. The molecule has 2 aromatic rings. The molecule has 1 fully saturated rings. The van der Waals surface area contributed by atoms with Gasteiger partial charge in [-0.15, -0.1) is 11.3 Å². The Hall–Kier alpha value is -1.24. The van der Waals surface area contributed by atoms with Crippen molar-refractivity contribution in [3.05, 3.63) is 41.4 Å². The molecule has 1 aromatic heterocycles. The third kappa shape index (κ3) is 3.94. The Kier molecular flexibility index (Phi) is 5.23. The van der Waals surface area contributed by atoms with Gasteiger partial charge < -0.3 is 10.2 Å². The summed E-state index contributed by atoms with van der Waals surface area (Å²) in [6.45, 7) is 3.01. The minimum absolute atomic E-state index is 0.566. The summed E-state index contributed by atoms with van der Waals surface area (Å²) in [5.41, 5.74) is 1.25. The van der Waals surface area contributed by atoms with E-state index in [1.807, 2.05) is 23.7 Å². The van der Waals surface area contributed by atoms with E-state index in [-0.39, 0.29) is 0 Å². The second-order valence-electron chi connectivity index (χ2n) is 5.55. The molecule has 118 valence electrons. The number of rotatable bonds is 5. The number of nitrogens with one attached hydrogen (secondary N) is 1. The molecule has 0 bridgehead atoms. The zero-order valence-electron chi connectivity index (χ0n) is 12.7. The maximum absolute atomic E-state index is 11.4. The van der Waals surface area contributed by atoms with Gasteiger partial charge in [0.2, 0.25) is 0 Å². The van der Waals surface area contributed by atoms with Crippen LogP contribution in [0.1, 0.15) is 18.4 Å². The summed E-state index contributed by atoms with van der Waals surface area (Å²) in [6, 6.07) is 8.61. The SMILES string of the molecule is C[S@](=O)c1ccc(CNC2CCN(c3nccs3)CC2)cc1. The zero-order valence-corrected chi connectivity index (χ0v) is 14.3. The van der Waals surface area contributed by atoms with E-state index >= 15 is 0 Å². The Morgan fingerprint density at radius 2 is 2.05 bits per heavy atom. The van der Waals surface area contributed by atoms with E-state index in [0.717, 1.165) is 42.5 Å². The fourth-order valence-electron chi connectivity index (χ4n) is 2.71. The molecule has 0 saturated carbocycles. The molecule has 0 unspecified atom stereocenters.